The van der Waals surface area contributed by atoms with Crippen molar-refractivity contribution in [2.24, 2.45) is 0 Å². The molecule has 68 valence electrons. The van der Waals surface area contributed by atoms with Crippen LogP contribution in [0.4, 0.5) is 0 Å². The van der Waals surface area contributed by atoms with Crippen LogP contribution in [0.15, 0.2) is 22.0 Å². The Labute approximate surface area is 94.7 Å². The lowest BCUT2D eigenvalue weighted by Crippen LogP contribution is -1.79. The Balaban J connectivity index is 2.87. The van der Waals surface area contributed by atoms with Crippen molar-refractivity contribution in [2.75, 3.05) is 0 Å². The summed E-state index contributed by atoms with van der Waals surface area (Å²) in [5, 5.41) is 3.48. The van der Waals surface area contributed by atoms with Crippen LogP contribution in [-0.2, 0) is 5.88 Å². The third kappa shape index (κ3) is 1.51. The molecule has 0 aliphatic rings. The fourth-order valence-electron chi connectivity index (χ4n) is 1.42. The molecule has 0 nitrogen and oxygen atoms in total. The Morgan fingerprint density at radius 1 is 1.46 bits per heavy atom. The molecule has 0 unspecified atom stereocenters. The molecular formula is C10H8BrClS. The molecule has 1 heterocycles. The lowest BCUT2D eigenvalue weighted by atomic mass is 10.1. The van der Waals surface area contributed by atoms with Crippen LogP contribution >= 0.6 is 38.9 Å². The van der Waals surface area contributed by atoms with Crippen molar-refractivity contribution in [3.63, 3.8) is 0 Å². The number of rotatable bonds is 1. The van der Waals surface area contributed by atoms with Gasteiger partial charge in [-0.05, 0) is 29.5 Å². The van der Waals surface area contributed by atoms with Crippen molar-refractivity contribution < 1.29 is 0 Å². The lowest BCUT2D eigenvalue weighted by molar-refractivity contribution is 1.46. The average molecular weight is 276 g/mol. The standard InChI is InChI=1S/C10H8BrClS/c1-6-5-13-10-7(4-12)2-3-8(11)9(6)10/h2-3,5H,4H2,1H3. The van der Waals surface area contributed by atoms with E-state index >= 15 is 0 Å². The molecule has 1 aromatic heterocycles. The second-order valence-electron chi connectivity index (χ2n) is 2.96. The Kier molecular flexibility index (Phi) is 2.63. The first kappa shape index (κ1) is 9.50. The van der Waals surface area contributed by atoms with E-state index in [0.29, 0.717) is 5.88 Å². The van der Waals surface area contributed by atoms with Crippen molar-refractivity contribution in [1.29, 1.82) is 0 Å². The van der Waals surface area contributed by atoms with E-state index in [-0.39, 0.29) is 0 Å². The summed E-state index contributed by atoms with van der Waals surface area (Å²) in [5.41, 5.74) is 2.54. The molecule has 2 aromatic rings. The highest BCUT2D eigenvalue weighted by molar-refractivity contribution is 9.10. The monoisotopic (exact) mass is 274 g/mol. The highest BCUT2D eigenvalue weighted by Gasteiger charge is 2.07. The third-order valence-corrected chi connectivity index (χ3v) is 4.20. The van der Waals surface area contributed by atoms with E-state index in [1.165, 1.54) is 21.2 Å². The first-order valence-corrected chi connectivity index (χ1v) is 6.16. The van der Waals surface area contributed by atoms with E-state index in [4.69, 9.17) is 11.6 Å². The Morgan fingerprint density at radius 2 is 2.23 bits per heavy atom. The largest absolute Gasteiger partial charge is 0.143 e. The van der Waals surface area contributed by atoms with Crippen molar-refractivity contribution in [3.05, 3.63) is 33.1 Å². The van der Waals surface area contributed by atoms with Crippen molar-refractivity contribution in [2.45, 2.75) is 12.8 Å². The number of halogens is 2. The second kappa shape index (κ2) is 3.60. The minimum atomic E-state index is 0.587. The molecular weight excluding hydrogens is 268 g/mol. The van der Waals surface area contributed by atoms with Gasteiger partial charge in [0.2, 0.25) is 0 Å². The summed E-state index contributed by atoms with van der Waals surface area (Å²) in [5.74, 6) is 0.587. The van der Waals surface area contributed by atoms with Crippen LogP contribution in [0.3, 0.4) is 0 Å². The van der Waals surface area contributed by atoms with Gasteiger partial charge >= 0.3 is 0 Å². The van der Waals surface area contributed by atoms with Crippen LogP contribution in [-0.4, -0.2) is 0 Å². The predicted octanol–water partition coefficient (Wildman–Crippen LogP) is 4.71. The van der Waals surface area contributed by atoms with E-state index in [2.05, 4.69) is 40.4 Å². The molecule has 0 saturated carbocycles. The minimum absolute atomic E-state index is 0.587. The Bertz CT molecular complexity index is 447. The number of thiophene rings is 1. The van der Waals surface area contributed by atoms with Gasteiger partial charge in [0.25, 0.3) is 0 Å². The van der Waals surface area contributed by atoms with Gasteiger partial charge in [0.05, 0.1) is 0 Å². The van der Waals surface area contributed by atoms with Gasteiger partial charge in [-0.15, -0.1) is 22.9 Å². The molecule has 0 atom stereocenters. The molecule has 0 spiro atoms. The molecule has 0 N–H and O–H groups in total. The zero-order valence-corrected chi connectivity index (χ0v) is 10.3. The first-order chi connectivity index (χ1) is 6.24. The molecule has 1 aromatic carbocycles. The number of alkyl halides is 1. The van der Waals surface area contributed by atoms with Gasteiger partial charge in [-0.2, -0.15) is 0 Å². The molecule has 0 saturated heterocycles. The third-order valence-electron chi connectivity index (χ3n) is 2.08. The van der Waals surface area contributed by atoms with E-state index in [1.54, 1.807) is 11.3 Å². The summed E-state index contributed by atoms with van der Waals surface area (Å²) >= 11 is 11.2. The number of hydrogen-bond acceptors (Lipinski definition) is 1. The summed E-state index contributed by atoms with van der Waals surface area (Å²) in [6, 6.07) is 4.15. The summed E-state index contributed by atoms with van der Waals surface area (Å²) in [7, 11) is 0. The fraction of sp³-hybridized carbons (Fsp3) is 0.200. The second-order valence-corrected chi connectivity index (χ2v) is 4.96. The molecule has 0 bridgehead atoms. The number of hydrogen-bond donors (Lipinski definition) is 0. The molecule has 0 aliphatic heterocycles. The summed E-state index contributed by atoms with van der Waals surface area (Å²) in [6.45, 7) is 2.13. The van der Waals surface area contributed by atoms with E-state index in [0.717, 1.165) is 4.47 Å². The van der Waals surface area contributed by atoms with Crippen LogP contribution in [0.2, 0.25) is 0 Å². The van der Waals surface area contributed by atoms with E-state index in [1.807, 2.05) is 0 Å². The molecule has 0 radical (unpaired) electrons. The molecule has 0 amide bonds. The van der Waals surface area contributed by atoms with Crippen molar-refractivity contribution in [1.82, 2.24) is 0 Å². The first-order valence-electron chi connectivity index (χ1n) is 3.95. The maximum Gasteiger partial charge on any atom is 0.0488 e. The van der Waals surface area contributed by atoms with Gasteiger partial charge in [0, 0.05) is 20.4 Å². The van der Waals surface area contributed by atoms with Crippen molar-refractivity contribution in [3.8, 4) is 0 Å². The maximum atomic E-state index is 5.86. The summed E-state index contributed by atoms with van der Waals surface area (Å²) < 4.78 is 2.47. The van der Waals surface area contributed by atoms with Gasteiger partial charge in [0.1, 0.15) is 0 Å². The van der Waals surface area contributed by atoms with Crippen LogP contribution in [0, 0.1) is 6.92 Å². The van der Waals surface area contributed by atoms with Crippen LogP contribution in [0.25, 0.3) is 10.1 Å². The average Bonchev–Trinajstić information content (AvgIpc) is 2.50. The van der Waals surface area contributed by atoms with Crippen LogP contribution in [0.5, 0.6) is 0 Å². The number of benzene rings is 1. The molecule has 0 fully saturated rings. The summed E-state index contributed by atoms with van der Waals surface area (Å²) in [4.78, 5) is 0. The maximum absolute atomic E-state index is 5.86. The van der Waals surface area contributed by atoms with Crippen LogP contribution in [0.1, 0.15) is 11.1 Å². The smallest absolute Gasteiger partial charge is 0.0488 e. The molecule has 3 heteroatoms. The Hall–Kier alpha value is -0.0500. The summed E-state index contributed by atoms with van der Waals surface area (Å²) in [6.07, 6.45) is 0. The van der Waals surface area contributed by atoms with Gasteiger partial charge in [-0.25, -0.2) is 0 Å². The zero-order valence-electron chi connectivity index (χ0n) is 7.10. The zero-order chi connectivity index (χ0) is 9.42. The molecule has 2 rings (SSSR count). The molecule has 13 heavy (non-hydrogen) atoms. The topological polar surface area (TPSA) is 0 Å². The van der Waals surface area contributed by atoms with E-state index in [9.17, 15) is 0 Å². The minimum Gasteiger partial charge on any atom is -0.143 e. The lowest BCUT2D eigenvalue weighted by Gasteiger charge is -2.00. The molecule has 0 aliphatic carbocycles. The van der Waals surface area contributed by atoms with Crippen molar-refractivity contribution >= 4 is 49.0 Å². The van der Waals surface area contributed by atoms with Gasteiger partial charge in [-0.3, -0.25) is 0 Å². The van der Waals surface area contributed by atoms with Gasteiger partial charge in [-0.1, -0.05) is 22.0 Å². The fourth-order valence-corrected chi connectivity index (χ4v) is 3.58. The highest BCUT2D eigenvalue weighted by Crippen LogP contribution is 2.34. The van der Waals surface area contributed by atoms with Crippen LogP contribution < -0.4 is 0 Å². The SMILES string of the molecule is Cc1csc2c(CCl)ccc(Br)c12. The van der Waals surface area contributed by atoms with E-state index < -0.39 is 0 Å². The Morgan fingerprint density at radius 3 is 2.92 bits per heavy atom. The van der Waals surface area contributed by atoms with Gasteiger partial charge < -0.3 is 0 Å². The predicted molar refractivity (Wildman–Crippen MR) is 63.8 cm³/mol. The highest BCUT2D eigenvalue weighted by atomic mass is 79.9. The van der Waals surface area contributed by atoms with Gasteiger partial charge in [0.15, 0.2) is 0 Å². The quantitative estimate of drug-likeness (QED) is 0.661. The number of aryl methyl sites for hydroxylation is 1. The number of fused-ring (bicyclic) bond motifs is 1. The normalized spacial score (nSPS) is 11.0.